The molecular formula is C13H16N2O2S. The summed E-state index contributed by atoms with van der Waals surface area (Å²) in [7, 11) is 3.24. The maximum absolute atomic E-state index is 5.81. The molecule has 1 unspecified atom stereocenters. The third kappa shape index (κ3) is 2.47. The van der Waals surface area contributed by atoms with E-state index in [0.717, 1.165) is 16.3 Å². The third-order valence-electron chi connectivity index (χ3n) is 2.59. The topological polar surface area (TPSA) is 57.4 Å². The van der Waals surface area contributed by atoms with Gasteiger partial charge in [0.05, 0.1) is 26.0 Å². The summed E-state index contributed by atoms with van der Waals surface area (Å²) in [5.74, 6) is 1.41. The highest BCUT2D eigenvalue weighted by molar-refractivity contribution is 7.10. The van der Waals surface area contributed by atoms with Gasteiger partial charge in [0.25, 0.3) is 0 Å². The Bertz CT molecular complexity index is 538. The van der Waals surface area contributed by atoms with Crippen LogP contribution in [0.15, 0.2) is 23.6 Å². The van der Waals surface area contributed by atoms with Gasteiger partial charge in [-0.05, 0) is 25.1 Å². The SMILES string of the molecule is COc1ccc(-c2csc(C(C)N)n2)cc1OC. The number of rotatable bonds is 4. The number of thiazole rings is 1. The van der Waals surface area contributed by atoms with Gasteiger partial charge in [0.15, 0.2) is 11.5 Å². The van der Waals surface area contributed by atoms with Crippen molar-refractivity contribution in [2.75, 3.05) is 14.2 Å². The van der Waals surface area contributed by atoms with E-state index in [9.17, 15) is 0 Å². The van der Waals surface area contributed by atoms with E-state index in [2.05, 4.69) is 4.98 Å². The van der Waals surface area contributed by atoms with Crippen LogP contribution in [0.4, 0.5) is 0 Å². The highest BCUT2D eigenvalue weighted by atomic mass is 32.1. The lowest BCUT2D eigenvalue weighted by Gasteiger charge is -2.08. The molecular weight excluding hydrogens is 248 g/mol. The van der Waals surface area contributed by atoms with Crippen molar-refractivity contribution < 1.29 is 9.47 Å². The van der Waals surface area contributed by atoms with Gasteiger partial charge in [0, 0.05) is 10.9 Å². The number of hydrogen-bond acceptors (Lipinski definition) is 5. The minimum atomic E-state index is -0.0381. The molecule has 0 bridgehead atoms. The van der Waals surface area contributed by atoms with Crippen LogP contribution in [-0.2, 0) is 0 Å². The molecule has 1 aromatic carbocycles. The summed E-state index contributed by atoms with van der Waals surface area (Å²) in [5.41, 5.74) is 7.72. The van der Waals surface area contributed by atoms with E-state index in [1.807, 2.05) is 30.5 Å². The summed E-state index contributed by atoms with van der Waals surface area (Å²) < 4.78 is 10.5. The summed E-state index contributed by atoms with van der Waals surface area (Å²) >= 11 is 1.57. The predicted octanol–water partition coefficient (Wildman–Crippen LogP) is 2.85. The lowest BCUT2D eigenvalue weighted by molar-refractivity contribution is 0.355. The van der Waals surface area contributed by atoms with Gasteiger partial charge in [-0.1, -0.05) is 0 Å². The van der Waals surface area contributed by atoms with Crippen LogP contribution in [0.25, 0.3) is 11.3 Å². The fourth-order valence-corrected chi connectivity index (χ4v) is 2.41. The number of hydrogen-bond donors (Lipinski definition) is 1. The van der Waals surface area contributed by atoms with Gasteiger partial charge < -0.3 is 15.2 Å². The van der Waals surface area contributed by atoms with Crippen molar-refractivity contribution in [1.29, 1.82) is 0 Å². The second-order valence-electron chi connectivity index (χ2n) is 3.93. The molecule has 5 heteroatoms. The molecule has 0 aliphatic heterocycles. The normalized spacial score (nSPS) is 12.2. The zero-order chi connectivity index (χ0) is 13.1. The van der Waals surface area contributed by atoms with Gasteiger partial charge in [-0.25, -0.2) is 4.98 Å². The van der Waals surface area contributed by atoms with Crippen LogP contribution in [-0.4, -0.2) is 19.2 Å². The summed E-state index contributed by atoms with van der Waals surface area (Å²) in [5, 5.41) is 2.93. The molecule has 96 valence electrons. The molecule has 18 heavy (non-hydrogen) atoms. The fourth-order valence-electron chi connectivity index (χ4n) is 1.62. The number of aromatic nitrogens is 1. The first kappa shape index (κ1) is 12.9. The monoisotopic (exact) mass is 264 g/mol. The highest BCUT2D eigenvalue weighted by Crippen LogP contribution is 2.33. The third-order valence-corrected chi connectivity index (χ3v) is 3.64. The van der Waals surface area contributed by atoms with Crippen LogP contribution in [0.5, 0.6) is 11.5 Å². The molecule has 0 saturated heterocycles. The first-order valence-corrected chi connectivity index (χ1v) is 6.47. The lowest BCUT2D eigenvalue weighted by Crippen LogP contribution is -2.03. The molecule has 0 aliphatic carbocycles. The maximum atomic E-state index is 5.81. The number of nitrogens with zero attached hydrogens (tertiary/aromatic N) is 1. The van der Waals surface area contributed by atoms with Crippen LogP contribution in [0.3, 0.4) is 0 Å². The molecule has 0 aliphatic rings. The zero-order valence-electron chi connectivity index (χ0n) is 10.6. The summed E-state index contributed by atoms with van der Waals surface area (Å²) in [6.07, 6.45) is 0. The van der Waals surface area contributed by atoms with Crippen molar-refractivity contribution in [3.8, 4) is 22.8 Å². The van der Waals surface area contributed by atoms with Gasteiger partial charge >= 0.3 is 0 Å². The Morgan fingerprint density at radius 3 is 2.50 bits per heavy atom. The van der Waals surface area contributed by atoms with Crippen LogP contribution in [0.1, 0.15) is 18.0 Å². The summed E-state index contributed by atoms with van der Waals surface area (Å²) in [6.45, 7) is 1.93. The number of benzene rings is 1. The van der Waals surface area contributed by atoms with Crippen LogP contribution >= 0.6 is 11.3 Å². The molecule has 2 aromatic rings. The molecule has 1 atom stereocenters. The first-order chi connectivity index (χ1) is 8.65. The van der Waals surface area contributed by atoms with E-state index in [-0.39, 0.29) is 6.04 Å². The van der Waals surface area contributed by atoms with E-state index in [4.69, 9.17) is 15.2 Å². The van der Waals surface area contributed by atoms with Gasteiger partial charge in [-0.15, -0.1) is 11.3 Å². The Labute approximate surface area is 110 Å². The molecule has 1 heterocycles. The van der Waals surface area contributed by atoms with Gasteiger partial charge in [0.1, 0.15) is 5.01 Å². The zero-order valence-corrected chi connectivity index (χ0v) is 11.5. The minimum absolute atomic E-state index is 0.0381. The van der Waals surface area contributed by atoms with E-state index in [1.165, 1.54) is 0 Å². The molecule has 4 nitrogen and oxygen atoms in total. The summed E-state index contributed by atoms with van der Waals surface area (Å²) in [6, 6.07) is 5.71. The van der Waals surface area contributed by atoms with Crippen molar-refractivity contribution in [2.24, 2.45) is 5.73 Å². The van der Waals surface area contributed by atoms with Gasteiger partial charge in [-0.3, -0.25) is 0 Å². The number of methoxy groups -OCH3 is 2. The van der Waals surface area contributed by atoms with Gasteiger partial charge in [0.2, 0.25) is 0 Å². The molecule has 0 saturated carbocycles. The molecule has 0 radical (unpaired) electrons. The lowest BCUT2D eigenvalue weighted by atomic mass is 10.1. The quantitative estimate of drug-likeness (QED) is 0.922. The fraction of sp³-hybridized carbons (Fsp3) is 0.308. The Morgan fingerprint density at radius 2 is 1.94 bits per heavy atom. The van der Waals surface area contributed by atoms with Crippen LogP contribution in [0, 0.1) is 0 Å². The highest BCUT2D eigenvalue weighted by Gasteiger charge is 2.10. The van der Waals surface area contributed by atoms with Crippen molar-refractivity contribution in [2.45, 2.75) is 13.0 Å². The smallest absolute Gasteiger partial charge is 0.161 e. The Hall–Kier alpha value is -1.59. The Balaban J connectivity index is 2.38. The molecule has 0 spiro atoms. The number of nitrogens with two attached hydrogens (primary N) is 1. The average Bonchev–Trinajstić information content (AvgIpc) is 2.87. The van der Waals surface area contributed by atoms with Crippen molar-refractivity contribution in [1.82, 2.24) is 4.98 Å². The van der Waals surface area contributed by atoms with Gasteiger partial charge in [-0.2, -0.15) is 0 Å². The van der Waals surface area contributed by atoms with E-state index in [1.54, 1.807) is 25.6 Å². The van der Waals surface area contributed by atoms with Crippen molar-refractivity contribution in [3.05, 3.63) is 28.6 Å². The van der Waals surface area contributed by atoms with Crippen molar-refractivity contribution >= 4 is 11.3 Å². The van der Waals surface area contributed by atoms with Crippen molar-refractivity contribution in [3.63, 3.8) is 0 Å². The first-order valence-electron chi connectivity index (χ1n) is 5.59. The largest absolute Gasteiger partial charge is 0.493 e. The molecule has 2 rings (SSSR count). The molecule has 2 N–H and O–H groups in total. The molecule has 0 fully saturated rings. The number of ether oxygens (including phenoxy) is 2. The summed E-state index contributed by atoms with van der Waals surface area (Å²) in [4.78, 5) is 4.51. The minimum Gasteiger partial charge on any atom is -0.493 e. The van der Waals surface area contributed by atoms with E-state index in [0.29, 0.717) is 11.5 Å². The average molecular weight is 264 g/mol. The standard InChI is InChI=1S/C13H16N2O2S/c1-8(14)13-15-10(7-18-13)9-4-5-11(16-2)12(6-9)17-3/h4-8H,14H2,1-3H3. The Morgan fingerprint density at radius 1 is 1.22 bits per heavy atom. The molecule has 0 amide bonds. The van der Waals surface area contributed by atoms with E-state index < -0.39 is 0 Å². The van der Waals surface area contributed by atoms with Crippen LogP contribution < -0.4 is 15.2 Å². The Kier molecular flexibility index (Phi) is 3.84. The second kappa shape index (κ2) is 5.37. The predicted molar refractivity (Wildman–Crippen MR) is 73.3 cm³/mol. The molecule has 1 aromatic heterocycles. The maximum Gasteiger partial charge on any atom is 0.161 e. The second-order valence-corrected chi connectivity index (χ2v) is 4.82. The van der Waals surface area contributed by atoms with E-state index >= 15 is 0 Å². The van der Waals surface area contributed by atoms with Crippen LogP contribution in [0.2, 0.25) is 0 Å².